The Bertz CT molecular complexity index is 934. The molecule has 140 valence electrons. The van der Waals surface area contributed by atoms with Crippen LogP contribution in [0.15, 0.2) is 89.9 Å². The summed E-state index contributed by atoms with van der Waals surface area (Å²) >= 11 is 0. The van der Waals surface area contributed by atoms with Crippen LogP contribution in [0.2, 0.25) is 0 Å². The number of rotatable bonds is 7. The molecule has 3 aromatic rings. The molecule has 1 saturated carbocycles. The molecule has 0 saturated heterocycles. The van der Waals surface area contributed by atoms with E-state index in [0.29, 0.717) is 5.92 Å². The van der Waals surface area contributed by atoms with Gasteiger partial charge in [-0.15, -0.1) is 0 Å². The molecule has 0 heterocycles. The molecule has 28 heavy (non-hydrogen) atoms. The van der Waals surface area contributed by atoms with E-state index in [-0.39, 0.29) is 12.3 Å². The third kappa shape index (κ3) is 4.37. The van der Waals surface area contributed by atoms with Crippen molar-refractivity contribution in [3.8, 4) is 0 Å². The summed E-state index contributed by atoms with van der Waals surface area (Å²) < 4.78 is 0. The Hall–Kier alpha value is -3.20. The van der Waals surface area contributed by atoms with Gasteiger partial charge in [0.15, 0.2) is 0 Å². The van der Waals surface area contributed by atoms with Crippen LogP contribution < -0.4 is 0 Å². The minimum Gasteiger partial charge on any atom is -0.481 e. The summed E-state index contributed by atoms with van der Waals surface area (Å²) in [7, 11) is 0. The lowest BCUT2D eigenvalue weighted by Gasteiger charge is -2.15. The fourth-order valence-electron chi connectivity index (χ4n) is 3.69. The van der Waals surface area contributed by atoms with Crippen molar-refractivity contribution < 1.29 is 9.90 Å². The Morgan fingerprint density at radius 1 is 0.893 bits per heavy atom. The Morgan fingerprint density at radius 3 is 2.04 bits per heavy atom. The third-order valence-corrected chi connectivity index (χ3v) is 5.22. The van der Waals surface area contributed by atoms with E-state index >= 15 is 0 Å². The number of aliphatic imine (C=N–C) groups is 1. The van der Waals surface area contributed by atoms with Crippen LogP contribution in [-0.2, 0) is 4.79 Å². The summed E-state index contributed by atoms with van der Waals surface area (Å²) in [5, 5.41) is 9.31. The Labute approximate surface area is 165 Å². The van der Waals surface area contributed by atoms with Gasteiger partial charge in [0.25, 0.3) is 0 Å². The molecule has 4 rings (SSSR count). The Balaban J connectivity index is 1.74. The van der Waals surface area contributed by atoms with Gasteiger partial charge in [0.05, 0.1) is 17.8 Å². The Morgan fingerprint density at radius 2 is 1.50 bits per heavy atom. The van der Waals surface area contributed by atoms with Crippen LogP contribution in [0, 0.1) is 5.92 Å². The van der Waals surface area contributed by atoms with Crippen LogP contribution in [0.1, 0.15) is 41.9 Å². The number of carboxylic acids is 1. The highest BCUT2D eigenvalue weighted by Gasteiger charge is 2.33. The minimum atomic E-state index is -0.736. The van der Waals surface area contributed by atoms with Crippen molar-refractivity contribution in [3.05, 3.63) is 102 Å². The quantitative estimate of drug-likeness (QED) is 0.533. The monoisotopic (exact) mass is 369 g/mol. The molecular formula is C25H23NO2. The third-order valence-electron chi connectivity index (χ3n) is 5.22. The van der Waals surface area contributed by atoms with Crippen molar-refractivity contribution in [3.63, 3.8) is 0 Å². The first-order chi connectivity index (χ1) is 13.7. The standard InChI is InChI=1S/C25H23NO2/c27-24(28)17-23(18-14-15-18)21-12-7-13-22(16-21)26-25(19-8-3-1-4-9-19)20-10-5-2-6-11-20/h1-13,16,18,23H,14-15,17H2,(H,27,28). The summed E-state index contributed by atoms with van der Waals surface area (Å²) in [5.74, 6) is -0.178. The molecule has 1 atom stereocenters. The maximum atomic E-state index is 11.3. The van der Waals surface area contributed by atoms with E-state index in [4.69, 9.17) is 4.99 Å². The highest BCUT2D eigenvalue weighted by Crippen LogP contribution is 2.45. The molecule has 0 aromatic heterocycles. The topological polar surface area (TPSA) is 49.7 Å². The van der Waals surface area contributed by atoms with Crippen molar-refractivity contribution in [2.45, 2.75) is 25.2 Å². The zero-order valence-corrected chi connectivity index (χ0v) is 15.7. The van der Waals surface area contributed by atoms with Gasteiger partial charge in [-0.2, -0.15) is 0 Å². The largest absolute Gasteiger partial charge is 0.481 e. The summed E-state index contributed by atoms with van der Waals surface area (Å²) in [5.41, 5.74) is 4.97. The van der Waals surface area contributed by atoms with Gasteiger partial charge in [-0.1, -0.05) is 72.8 Å². The van der Waals surface area contributed by atoms with Crippen molar-refractivity contribution in [1.82, 2.24) is 0 Å². The van der Waals surface area contributed by atoms with Crippen molar-refractivity contribution in [2.24, 2.45) is 10.9 Å². The first-order valence-corrected chi connectivity index (χ1v) is 9.72. The second-order valence-corrected chi connectivity index (χ2v) is 7.33. The highest BCUT2D eigenvalue weighted by molar-refractivity contribution is 6.13. The van der Waals surface area contributed by atoms with E-state index in [9.17, 15) is 9.90 Å². The lowest BCUT2D eigenvalue weighted by atomic mass is 9.91. The zero-order valence-electron chi connectivity index (χ0n) is 15.7. The summed E-state index contributed by atoms with van der Waals surface area (Å²) in [6.45, 7) is 0. The van der Waals surface area contributed by atoms with Crippen LogP contribution in [-0.4, -0.2) is 16.8 Å². The zero-order chi connectivity index (χ0) is 19.3. The van der Waals surface area contributed by atoms with Gasteiger partial charge in [0, 0.05) is 11.1 Å². The summed E-state index contributed by atoms with van der Waals surface area (Å²) in [4.78, 5) is 16.3. The normalized spacial score (nSPS) is 14.3. The van der Waals surface area contributed by atoms with E-state index in [0.717, 1.165) is 40.9 Å². The molecule has 3 aromatic carbocycles. The van der Waals surface area contributed by atoms with E-state index in [1.54, 1.807) is 0 Å². The average molecular weight is 369 g/mol. The molecule has 1 unspecified atom stereocenters. The number of nitrogens with zero attached hydrogens (tertiary/aromatic N) is 1. The summed E-state index contributed by atoms with van der Waals surface area (Å²) in [6.07, 6.45) is 2.41. The van der Waals surface area contributed by atoms with Gasteiger partial charge in [-0.05, 0) is 42.4 Å². The Kier molecular flexibility index (Phi) is 5.34. The van der Waals surface area contributed by atoms with Crippen molar-refractivity contribution in [1.29, 1.82) is 0 Å². The number of carboxylic acid groups (broad SMARTS) is 1. The van der Waals surface area contributed by atoms with Crippen LogP contribution >= 0.6 is 0 Å². The van der Waals surface area contributed by atoms with Gasteiger partial charge >= 0.3 is 5.97 Å². The van der Waals surface area contributed by atoms with Crippen molar-refractivity contribution >= 4 is 17.4 Å². The number of aliphatic carboxylic acids is 1. The number of hydrogen-bond acceptors (Lipinski definition) is 2. The van der Waals surface area contributed by atoms with Gasteiger partial charge < -0.3 is 5.11 Å². The highest BCUT2D eigenvalue weighted by atomic mass is 16.4. The predicted octanol–water partition coefficient (Wildman–Crippen LogP) is 5.82. The maximum absolute atomic E-state index is 11.3. The molecule has 1 aliphatic carbocycles. The molecule has 0 spiro atoms. The second kappa shape index (κ2) is 8.22. The second-order valence-electron chi connectivity index (χ2n) is 7.33. The van der Waals surface area contributed by atoms with Gasteiger partial charge in [0.2, 0.25) is 0 Å². The minimum absolute atomic E-state index is 0.0737. The molecule has 3 nitrogen and oxygen atoms in total. The molecule has 1 N–H and O–H groups in total. The molecule has 0 aliphatic heterocycles. The fraction of sp³-hybridized carbons (Fsp3) is 0.200. The molecule has 3 heteroatoms. The smallest absolute Gasteiger partial charge is 0.303 e. The van der Waals surface area contributed by atoms with E-state index in [2.05, 4.69) is 30.3 Å². The molecule has 1 fully saturated rings. The van der Waals surface area contributed by atoms with E-state index < -0.39 is 5.97 Å². The van der Waals surface area contributed by atoms with Crippen LogP contribution in [0.5, 0.6) is 0 Å². The number of hydrogen-bond donors (Lipinski definition) is 1. The van der Waals surface area contributed by atoms with E-state index in [1.165, 1.54) is 0 Å². The average Bonchev–Trinajstić information content (AvgIpc) is 3.57. The SMILES string of the molecule is O=C(O)CC(c1cccc(N=C(c2ccccc2)c2ccccc2)c1)C1CC1. The van der Waals surface area contributed by atoms with Crippen LogP contribution in [0.25, 0.3) is 0 Å². The van der Waals surface area contributed by atoms with Crippen LogP contribution in [0.4, 0.5) is 5.69 Å². The maximum Gasteiger partial charge on any atom is 0.303 e. The first-order valence-electron chi connectivity index (χ1n) is 9.72. The molecule has 0 amide bonds. The predicted molar refractivity (Wildman–Crippen MR) is 112 cm³/mol. The van der Waals surface area contributed by atoms with Crippen molar-refractivity contribution in [2.75, 3.05) is 0 Å². The molecule has 0 bridgehead atoms. The van der Waals surface area contributed by atoms with Gasteiger partial charge in [-0.25, -0.2) is 4.99 Å². The number of carbonyl (C=O) groups is 1. The molecular weight excluding hydrogens is 346 g/mol. The lowest BCUT2D eigenvalue weighted by Crippen LogP contribution is -2.08. The molecule has 0 radical (unpaired) electrons. The summed E-state index contributed by atoms with van der Waals surface area (Å²) in [6, 6.07) is 28.4. The number of benzene rings is 3. The first kappa shape index (κ1) is 18.2. The van der Waals surface area contributed by atoms with Gasteiger partial charge in [-0.3, -0.25) is 4.79 Å². The van der Waals surface area contributed by atoms with Crippen LogP contribution in [0.3, 0.4) is 0 Å². The molecule has 1 aliphatic rings. The van der Waals surface area contributed by atoms with E-state index in [1.807, 2.05) is 54.6 Å². The van der Waals surface area contributed by atoms with Gasteiger partial charge in [0.1, 0.15) is 0 Å². The lowest BCUT2D eigenvalue weighted by molar-refractivity contribution is -0.137. The fourth-order valence-corrected chi connectivity index (χ4v) is 3.69.